The van der Waals surface area contributed by atoms with Crippen LogP contribution in [0.5, 0.6) is 0 Å². The highest BCUT2D eigenvalue weighted by molar-refractivity contribution is 5.80. The molecule has 0 aliphatic carbocycles. The molecular weight excluding hydrogens is 354 g/mol. The molecule has 142 valence electrons. The molecule has 0 N–H and O–H groups in total. The van der Waals surface area contributed by atoms with Crippen LogP contribution in [0.3, 0.4) is 0 Å². The molecule has 0 unspecified atom stereocenters. The van der Waals surface area contributed by atoms with Crippen molar-refractivity contribution in [1.29, 1.82) is 0 Å². The van der Waals surface area contributed by atoms with Crippen LogP contribution >= 0.6 is 0 Å². The molecule has 28 heavy (non-hydrogen) atoms. The summed E-state index contributed by atoms with van der Waals surface area (Å²) >= 11 is 0. The van der Waals surface area contributed by atoms with E-state index in [0.717, 1.165) is 11.3 Å². The van der Waals surface area contributed by atoms with E-state index < -0.39 is 4.92 Å². The second-order valence-corrected chi connectivity index (χ2v) is 6.43. The summed E-state index contributed by atoms with van der Waals surface area (Å²) in [5.74, 6) is -0.144. The molecule has 0 spiro atoms. The fraction of sp³-hybridized carbons (Fsp3) is 0.182. The van der Waals surface area contributed by atoms with Gasteiger partial charge in [-0.3, -0.25) is 19.9 Å². The van der Waals surface area contributed by atoms with Gasteiger partial charge in [-0.15, -0.1) is 0 Å². The summed E-state index contributed by atoms with van der Waals surface area (Å²) in [6.45, 7) is 0.943. The zero-order valence-corrected chi connectivity index (χ0v) is 15.4. The Morgan fingerprint density at radius 1 is 0.964 bits per heavy atom. The molecule has 0 bridgehead atoms. The molecule has 0 saturated carbocycles. The SMILES string of the molecule is O=C(Cc1ccccc1[N+](=O)[O-])N(CCc1ccccn1)Cc1ccccc1. The highest BCUT2D eigenvalue weighted by atomic mass is 16.6. The fourth-order valence-corrected chi connectivity index (χ4v) is 3.00. The van der Waals surface area contributed by atoms with E-state index in [-0.39, 0.29) is 18.0 Å². The van der Waals surface area contributed by atoms with Crippen LogP contribution in [0.4, 0.5) is 5.69 Å². The Hall–Kier alpha value is -3.54. The van der Waals surface area contributed by atoms with Crippen LogP contribution in [0.1, 0.15) is 16.8 Å². The van der Waals surface area contributed by atoms with Gasteiger partial charge in [0.15, 0.2) is 0 Å². The molecule has 0 atom stereocenters. The number of pyridine rings is 1. The second kappa shape index (κ2) is 9.41. The van der Waals surface area contributed by atoms with Crippen molar-refractivity contribution in [3.05, 3.63) is 106 Å². The van der Waals surface area contributed by atoms with Crippen LogP contribution in [0, 0.1) is 10.1 Å². The number of carbonyl (C=O) groups excluding carboxylic acids is 1. The molecule has 0 radical (unpaired) electrons. The summed E-state index contributed by atoms with van der Waals surface area (Å²) in [6, 6.07) is 21.8. The average molecular weight is 375 g/mol. The van der Waals surface area contributed by atoms with E-state index in [9.17, 15) is 14.9 Å². The number of amides is 1. The number of hydrogen-bond acceptors (Lipinski definition) is 4. The minimum absolute atomic E-state index is 0.00773. The molecule has 0 saturated heterocycles. The maximum absolute atomic E-state index is 13.0. The molecule has 3 aromatic rings. The summed E-state index contributed by atoms with van der Waals surface area (Å²) in [6.07, 6.45) is 2.34. The Morgan fingerprint density at radius 3 is 2.39 bits per heavy atom. The molecule has 0 aliphatic heterocycles. The maximum Gasteiger partial charge on any atom is 0.273 e. The van der Waals surface area contributed by atoms with E-state index in [2.05, 4.69) is 4.98 Å². The lowest BCUT2D eigenvalue weighted by molar-refractivity contribution is -0.385. The number of nitro benzene ring substituents is 1. The molecule has 0 fully saturated rings. The summed E-state index contributed by atoms with van der Waals surface area (Å²) in [5.41, 5.74) is 2.31. The fourth-order valence-electron chi connectivity index (χ4n) is 3.00. The van der Waals surface area contributed by atoms with Gasteiger partial charge < -0.3 is 4.90 Å². The minimum Gasteiger partial charge on any atom is -0.338 e. The third-order valence-electron chi connectivity index (χ3n) is 4.46. The Kier molecular flexibility index (Phi) is 6.46. The van der Waals surface area contributed by atoms with Crippen molar-refractivity contribution >= 4 is 11.6 Å². The van der Waals surface area contributed by atoms with E-state index in [4.69, 9.17) is 0 Å². The molecule has 2 aromatic carbocycles. The summed E-state index contributed by atoms with van der Waals surface area (Å²) in [7, 11) is 0. The zero-order valence-electron chi connectivity index (χ0n) is 15.4. The monoisotopic (exact) mass is 375 g/mol. The molecule has 3 rings (SSSR count). The second-order valence-electron chi connectivity index (χ2n) is 6.43. The number of rotatable bonds is 8. The predicted molar refractivity (Wildman–Crippen MR) is 107 cm³/mol. The summed E-state index contributed by atoms with van der Waals surface area (Å²) in [5, 5.41) is 11.2. The molecule has 0 aliphatic rings. The summed E-state index contributed by atoms with van der Waals surface area (Å²) in [4.78, 5) is 29.8. The number of hydrogen-bond donors (Lipinski definition) is 0. The molecular formula is C22H21N3O3. The van der Waals surface area contributed by atoms with Crippen LogP contribution in [-0.2, 0) is 24.2 Å². The van der Waals surface area contributed by atoms with Gasteiger partial charge in [0, 0.05) is 43.0 Å². The summed E-state index contributed by atoms with van der Waals surface area (Å²) < 4.78 is 0. The molecule has 1 aromatic heterocycles. The van der Waals surface area contributed by atoms with Crippen molar-refractivity contribution in [2.75, 3.05) is 6.54 Å². The molecule has 1 amide bonds. The Morgan fingerprint density at radius 2 is 1.68 bits per heavy atom. The van der Waals surface area contributed by atoms with Crippen LogP contribution < -0.4 is 0 Å². The van der Waals surface area contributed by atoms with Crippen LogP contribution in [-0.4, -0.2) is 27.3 Å². The van der Waals surface area contributed by atoms with E-state index in [1.807, 2.05) is 48.5 Å². The number of nitrogens with zero attached hydrogens (tertiary/aromatic N) is 3. The largest absolute Gasteiger partial charge is 0.338 e. The van der Waals surface area contributed by atoms with Crippen molar-refractivity contribution in [2.45, 2.75) is 19.4 Å². The van der Waals surface area contributed by atoms with Gasteiger partial charge in [0.2, 0.25) is 5.91 Å². The van der Waals surface area contributed by atoms with E-state index >= 15 is 0 Å². The number of benzene rings is 2. The van der Waals surface area contributed by atoms with Gasteiger partial charge in [-0.1, -0.05) is 54.6 Å². The highest BCUT2D eigenvalue weighted by Gasteiger charge is 2.20. The first-order chi connectivity index (χ1) is 13.6. The predicted octanol–water partition coefficient (Wildman–Crippen LogP) is 3.80. The van der Waals surface area contributed by atoms with Gasteiger partial charge in [-0.25, -0.2) is 0 Å². The molecule has 6 heteroatoms. The lowest BCUT2D eigenvalue weighted by Crippen LogP contribution is -2.34. The van der Waals surface area contributed by atoms with Gasteiger partial charge >= 0.3 is 0 Å². The first-order valence-electron chi connectivity index (χ1n) is 9.07. The minimum atomic E-state index is -0.446. The quantitative estimate of drug-likeness (QED) is 0.443. The van der Waals surface area contributed by atoms with Crippen molar-refractivity contribution in [2.24, 2.45) is 0 Å². The number of aromatic nitrogens is 1. The topological polar surface area (TPSA) is 76.3 Å². The Labute approximate surface area is 163 Å². The van der Waals surface area contributed by atoms with E-state index in [0.29, 0.717) is 25.1 Å². The van der Waals surface area contributed by atoms with Crippen molar-refractivity contribution in [3.8, 4) is 0 Å². The van der Waals surface area contributed by atoms with Crippen molar-refractivity contribution < 1.29 is 9.72 Å². The first kappa shape index (κ1) is 19.2. The van der Waals surface area contributed by atoms with Gasteiger partial charge in [-0.05, 0) is 17.7 Å². The van der Waals surface area contributed by atoms with Gasteiger partial charge in [0.05, 0.1) is 11.3 Å². The lowest BCUT2D eigenvalue weighted by Gasteiger charge is -2.23. The van der Waals surface area contributed by atoms with Crippen LogP contribution in [0.15, 0.2) is 79.0 Å². The normalized spacial score (nSPS) is 10.4. The number of nitro groups is 1. The maximum atomic E-state index is 13.0. The molecule has 1 heterocycles. The van der Waals surface area contributed by atoms with Crippen LogP contribution in [0.2, 0.25) is 0 Å². The zero-order chi connectivity index (χ0) is 19.8. The third kappa shape index (κ3) is 5.23. The molecule has 6 nitrogen and oxygen atoms in total. The Bertz CT molecular complexity index is 930. The van der Waals surface area contributed by atoms with E-state index in [1.165, 1.54) is 6.07 Å². The van der Waals surface area contributed by atoms with Gasteiger partial charge in [0.1, 0.15) is 0 Å². The van der Waals surface area contributed by atoms with Gasteiger partial charge in [-0.2, -0.15) is 0 Å². The third-order valence-corrected chi connectivity index (χ3v) is 4.46. The number of para-hydroxylation sites is 1. The average Bonchev–Trinajstić information content (AvgIpc) is 2.72. The highest BCUT2D eigenvalue weighted by Crippen LogP contribution is 2.19. The van der Waals surface area contributed by atoms with Crippen molar-refractivity contribution in [1.82, 2.24) is 9.88 Å². The van der Waals surface area contributed by atoms with Crippen molar-refractivity contribution in [3.63, 3.8) is 0 Å². The smallest absolute Gasteiger partial charge is 0.273 e. The lowest BCUT2D eigenvalue weighted by atomic mass is 10.1. The standard InChI is InChI=1S/C22H21N3O3/c26-22(16-19-10-4-5-12-21(19)25(27)28)24(17-18-8-2-1-3-9-18)15-13-20-11-6-7-14-23-20/h1-12,14H,13,15-17H2. The Balaban J connectivity index is 1.77. The van der Waals surface area contributed by atoms with Gasteiger partial charge in [0.25, 0.3) is 5.69 Å². The first-order valence-corrected chi connectivity index (χ1v) is 9.07. The van der Waals surface area contributed by atoms with E-state index in [1.54, 1.807) is 29.3 Å². The number of carbonyl (C=O) groups is 1. The van der Waals surface area contributed by atoms with Crippen LogP contribution in [0.25, 0.3) is 0 Å².